The fourth-order valence-electron chi connectivity index (χ4n) is 1.82. The van der Waals surface area contributed by atoms with E-state index in [4.69, 9.17) is 0 Å². The van der Waals surface area contributed by atoms with E-state index in [0.29, 0.717) is 6.54 Å². The summed E-state index contributed by atoms with van der Waals surface area (Å²) in [7, 11) is -3.32. The molecule has 0 fully saturated rings. The molecule has 2 aromatic carbocycles. The predicted molar refractivity (Wildman–Crippen MR) is 85.2 cm³/mol. The second-order valence-corrected chi connectivity index (χ2v) is 7.38. The van der Waals surface area contributed by atoms with Crippen molar-refractivity contribution < 1.29 is 8.42 Å². The first-order valence-electron chi connectivity index (χ1n) is 6.27. The molecule has 2 rings (SSSR count). The van der Waals surface area contributed by atoms with Gasteiger partial charge in [-0.2, -0.15) is 0 Å². The summed E-state index contributed by atoms with van der Waals surface area (Å²) in [6, 6.07) is 18.9. The maximum Gasteiger partial charge on any atom is 0.215 e. The maximum absolute atomic E-state index is 12.0. The van der Waals surface area contributed by atoms with Crippen LogP contribution in [0.25, 0.3) is 0 Å². The van der Waals surface area contributed by atoms with E-state index in [-0.39, 0.29) is 10.6 Å². The van der Waals surface area contributed by atoms with Crippen molar-refractivity contribution in [3.8, 4) is 0 Å². The minimum Gasteiger partial charge on any atom is -0.213 e. The molecule has 0 saturated heterocycles. The van der Waals surface area contributed by atoms with Crippen molar-refractivity contribution in [1.29, 1.82) is 0 Å². The number of alkyl halides is 1. The molecule has 1 unspecified atom stereocenters. The Kier molecular flexibility index (Phi) is 5.34. The van der Waals surface area contributed by atoms with Gasteiger partial charge >= 0.3 is 0 Å². The van der Waals surface area contributed by atoms with E-state index in [0.717, 1.165) is 11.1 Å². The zero-order valence-corrected chi connectivity index (χ0v) is 13.3. The number of benzene rings is 2. The van der Waals surface area contributed by atoms with Crippen molar-refractivity contribution in [3.05, 3.63) is 71.8 Å². The molecular weight excluding hydrogens is 338 g/mol. The predicted octanol–water partition coefficient (Wildman–Crippen LogP) is 3.24. The zero-order chi connectivity index (χ0) is 14.4. The van der Waals surface area contributed by atoms with Crippen molar-refractivity contribution in [2.45, 2.75) is 10.6 Å². The van der Waals surface area contributed by atoms with Crippen LogP contribution in [-0.2, 0) is 15.8 Å². The summed E-state index contributed by atoms with van der Waals surface area (Å²) >= 11 is 3.50. The summed E-state index contributed by atoms with van der Waals surface area (Å²) in [6.07, 6.45) is 0. The molecule has 0 aliphatic carbocycles. The topological polar surface area (TPSA) is 46.2 Å². The standard InChI is InChI=1S/C15H16BrNO2S/c16-15(14-9-5-2-6-10-14)11-17-20(18,19)12-13-7-3-1-4-8-13/h1-10,15,17H,11-12H2. The number of rotatable bonds is 6. The Hall–Kier alpha value is -1.17. The summed E-state index contributed by atoms with van der Waals surface area (Å²) in [5.74, 6) is 0.00233. The Morgan fingerprint density at radius 2 is 1.50 bits per heavy atom. The molecule has 0 amide bonds. The highest BCUT2D eigenvalue weighted by molar-refractivity contribution is 9.09. The van der Waals surface area contributed by atoms with Crippen LogP contribution in [0, 0.1) is 0 Å². The second kappa shape index (κ2) is 7.02. The Balaban J connectivity index is 1.93. The van der Waals surface area contributed by atoms with Crippen LogP contribution in [0.2, 0.25) is 0 Å². The number of nitrogens with one attached hydrogen (secondary N) is 1. The van der Waals surface area contributed by atoms with Crippen LogP contribution in [0.3, 0.4) is 0 Å². The van der Waals surface area contributed by atoms with E-state index in [1.165, 1.54) is 0 Å². The van der Waals surface area contributed by atoms with Gasteiger partial charge in [-0.05, 0) is 11.1 Å². The molecule has 0 spiro atoms. The molecule has 1 atom stereocenters. The highest BCUT2D eigenvalue weighted by atomic mass is 79.9. The Labute approximate surface area is 128 Å². The molecule has 3 nitrogen and oxygen atoms in total. The van der Waals surface area contributed by atoms with Crippen molar-refractivity contribution in [1.82, 2.24) is 4.72 Å². The number of halogens is 1. The lowest BCUT2D eigenvalue weighted by Gasteiger charge is -2.12. The number of sulfonamides is 1. The van der Waals surface area contributed by atoms with Gasteiger partial charge in [0.1, 0.15) is 0 Å². The third-order valence-electron chi connectivity index (χ3n) is 2.84. The monoisotopic (exact) mass is 353 g/mol. The van der Waals surface area contributed by atoms with E-state index in [1.54, 1.807) is 0 Å². The molecule has 5 heteroatoms. The third-order valence-corrected chi connectivity index (χ3v) is 5.02. The van der Waals surface area contributed by atoms with Crippen LogP contribution < -0.4 is 4.72 Å². The molecule has 0 aromatic heterocycles. The zero-order valence-electron chi connectivity index (χ0n) is 10.9. The average Bonchev–Trinajstić information content (AvgIpc) is 2.46. The fourth-order valence-corrected chi connectivity index (χ4v) is 3.66. The smallest absolute Gasteiger partial charge is 0.213 e. The molecule has 1 N–H and O–H groups in total. The number of hydrogen-bond acceptors (Lipinski definition) is 2. The van der Waals surface area contributed by atoms with E-state index in [9.17, 15) is 8.42 Å². The van der Waals surface area contributed by atoms with Gasteiger partial charge in [0, 0.05) is 6.54 Å². The molecule has 106 valence electrons. The normalized spacial score (nSPS) is 13.1. The molecule has 2 aromatic rings. The first-order chi connectivity index (χ1) is 9.57. The van der Waals surface area contributed by atoms with Crippen LogP contribution in [0.5, 0.6) is 0 Å². The van der Waals surface area contributed by atoms with Crippen molar-refractivity contribution >= 4 is 26.0 Å². The highest BCUT2D eigenvalue weighted by Crippen LogP contribution is 2.21. The summed E-state index contributed by atoms with van der Waals surface area (Å²) in [4.78, 5) is -0.0331. The van der Waals surface area contributed by atoms with Crippen LogP contribution in [0.15, 0.2) is 60.7 Å². The summed E-state index contributed by atoms with van der Waals surface area (Å²) in [5, 5.41) is 0. The molecular formula is C15H16BrNO2S. The first-order valence-corrected chi connectivity index (χ1v) is 8.84. The quantitative estimate of drug-likeness (QED) is 0.810. The molecule has 0 aliphatic heterocycles. The minimum absolute atomic E-state index is 0.00233. The van der Waals surface area contributed by atoms with Gasteiger partial charge in [-0.15, -0.1) is 0 Å². The van der Waals surface area contributed by atoms with Gasteiger partial charge in [0.15, 0.2) is 0 Å². The van der Waals surface area contributed by atoms with E-state index in [1.807, 2.05) is 60.7 Å². The average molecular weight is 354 g/mol. The van der Waals surface area contributed by atoms with Gasteiger partial charge in [-0.3, -0.25) is 0 Å². The summed E-state index contributed by atoms with van der Waals surface area (Å²) in [5.41, 5.74) is 1.83. The molecule has 0 heterocycles. The molecule has 0 aliphatic rings. The first kappa shape index (κ1) is 15.2. The Morgan fingerprint density at radius 3 is 2.10 bits per heavy atom. The Bertz CT molecular complexity index is 629. The fraction of sp³-hybridized carbons (Fsp3) is 0.200. The van der Waals surface area contributed by atoms with E-state index >= 15 is 0 Å². The minimum atomic E-state index is -3.32. The van der Waals surface area contributed by atoms with Crippen molar-refractivity contribution in [2.24, 2.45) is 0 Å². The lowest BCUT2D eigenvalue weighted by molar-refractivity contribution is 0.580. The van der Waals surface area contributed by atoms with E-state index < -0.39 is 10.0 Å². The lowest BCUT2D eigenvalue weighted by atomic mass is 10.2. The van der Waals surface area contributed by atoms with Gasteiger partial charge < -0.3 is 0 Å². The van der Waals surface area contributed by atoms with E-state index in [2.05, 4.69) is 20.7 Å². The third kappa shape index (κ3) is 4.74. The van der Waals surface area contributed by atoms with Gasteiger partial charge in [0.2, 0.25) is 10.0 Å². The van der Waals surface area contributed by atoms with Crippen LogP contribution in [-0.4, -0.2) is 15.0 Å². The van der Waals surface area contributed by atoms with Crippen molar-refractivity contribution in [3.63, 3.8) is 0 Å². The van der Waals surface area contributed by atoms with Crippen LogP contribution in [0.4, 0.5) is 0 Å². The molecule has 0 saturated carbocycles. The molecule has 20 heavy (non-hydrogen) atoms. The van der Waals surface area contributed by atoms with Gasteiger partial charge in [-0.25, -0.2) is 13.1 Å². The van der Waals surface area contributed by atoms with Crippen LogP contribution >= 0.6 is 15.9 Å². The largest absolute Gasteiger partial charge is 0.215 e. The highest BCUT2D eigenvalue weighted by Gasteiger charge is 2.14. The van der Waals surface area contributed by atoms with Gasteiger partial charge in [0.25, 0.3) is 0 Å². The summed E-state index contributed by atoms with van der Waals surface area (Å²) in [6.45, 7) is 0.333. The second-order valence-electron chi connectivity index (χ2n) is 4.47. The SMILES string of the molecule is O=S(=O)(Cc1ccccc1)NCC(Br)c1ccccc1. The van der Waals surface area contributed by atoms with Gasteiger partial charge in [-0.1, -0.05) is 76.6 Å². The van der Waals surface area contributed by atoms with Crippen molar-refractivity contribution in [2.75, 3.05) is 6.54 Å². The summed E-state index contributed by atoms with van der Waals surface area (Å²) < 4.78 is 26.6. The lowest BCUT2D eigenvalue weighted by Crippen LogP contribution is -2.28. The van der Waals surface area contributed by atoms with Gasteiger partial charge in [0.05, 0.1) is 10.6 Å². The molecule has 0 bridgehead atoms. The maximum atomic E-state index is 12.0. The Morgan fingerprint density at radius 1 is 0.950 bits per heavy atom. The number of hydrogen-bond donors (Lipinski definition) is 1. The van der Waals surface area contributed by atoms with Crippen LogP contribution in [0.1, 0.15) is 16.0 Å². The molecule has 0 radical (unpaired) electrons.